The third kappa shape index (κ3) is 5.29. The highest BCUT2D eigenvalue weighted by Crippen LogP contribution is 2.32. The van der Waals surface area contributed by atoms with Crippen molar-refractivity contribution in [1.82, 2.24) is 15.2 Å². The number of amides is 1. The van der Waals surface area contributed by atoms with Crippen LogP contribution >= 0.6 is 23.4 Å². The van der Waals surface area contributed by atoms with E-state index in [0.29, 0.717) is 44.3 Å². The summed E-state index contributed by atoms with van der Waals surface area (Å²) in [7, 11) is 1.57. The summed E-state index contributed by atoms with van der Waals surface area (Å²) in [5.41, 5.74) is 1.76. The minimum atomic E-state index is -0.581. The number of halogens is 1. The molecule has 4 aromatic rings. The van der Waals surface area contributed by atoms with Gasteiger partial charge in [0.2, 0.25) is 5.16 Å². The van der Waals surface area contributed by atoms with Crippen molar-refractivity contribution in [2.75, 3.05) is 19.0 Å². The Hall–Kier alpha value is -3.50. The number of nitrogens with zero attached hydrogens (tertiary/aromatic N) is 2. The van der Waals surface area contributed by atoms with E-state index in [-0.39, 0.29) is 6.61 Å². The zero-order chi connectivity index (χ0) is 23.4. The van der Waals surface area contributed by atoms with Gasteiger partial charge in [0.1, 0.15) is 11.3 Å². The summed E-state index contributed by atoms with van der Waals surface area (Å²) in [6, 6.07) is 11.7. The second-order valence-electron chi connectivity index (χ2n) is 6.75. The van der Waals surface area contributed by atoms with Crippen LogP contribution in [0.2, 0.25) is 5.02 Å². The van der Waals surface area contributed by atoms with Crippen molar-refractivity contribution in [3.63, 3.8) is 0 Å². The number of thioether (sulfide) groups is 1. The second kappa shape index (κ2) is 9.97. The first-order valence-electron chi connectivity index (χ1n) is 9.86. The highest BCUT2D eigenvalue weighted by Gasteiger charge is 2.14. The number of benzene rings is 2. The third-order valence-corrected chi connectivity index (χ3v) is 5.72. The van der Waals surface area contributed by atoms with E-state index < -0.39 is 11.7 Å². The highest BCUT2D eigenvalue weighted by atomic mass is 35.5. The lowest BCUT2D eigenvalue weighted by Crippen LogP contribution is -2.13. The van der Waals surface area contributed by atoms with Gasteiger partial charge in [0.05, 0.1) is 19.3 Å². The number of carbonyl (C=O) groups excluding carboxylic acids is 1. The van der Waals surface area contributed by atoms with Gasteiger partial charge >= 0.3 is 11.7 Å². The van der Waals surface area contributed by atoms with Gasteiger partial charge in [-0.1, -0.05) is 23.4 Å². The van der Waals surface area contributed by atoms with Crippen molar-refractivity contribution < 1.29 is 18.7 Å². The minimum absolute atomic E-state index is 0.253. The lowest BCUT2D eigenvalue weighted by atomic mass is 10.1. The van der Waals surface area contributed by atoms with Crippen LogP contribution in [0.4, 0.5) is 10.5 Å². The minimum Gasteiger partial charge on any atom is -0.496 e. The number of ether oxygens (including phenoxy) is 2. The molecule has 0 aliphatic rings. The van der Waals surface area contributed by atoms with Crippen molar-refractivity contribution >= 4 is 46.1 Å². The van der Waals surface area contributed by atoms with E-state index >= 15 is 0 Å². The van der Waals surface area contributed by atoms with E-state index in [9.17, 15) is 9.59 Å². The van der Waals surface area contributed by atoms with Crippen molar-refractivity contribution in [1.29, 1.82) is 0 Å². The summed E-state index contributed by atoms with van der Waals surface area (Å²) < 4.78 is 15.6. The van der Waals surface area contributed by atoms with Gasteiger partial charge < -0.3 is 13.9 Å². The van der Waals surface area contributed by atoms with Crippen LogP contribution in [0.5, 0.6) is 5.75 Å². The molecule has 11 heteroatoms. The molecule has 0 radical (unpaired) electrons. The summed E-state index contributed by atoms with van der Waals surface area (Å²) in [5, 5.41) is 11.5. The number of hydrogen-bond donors (Lipinski definition) is 2. The molecule has 0 fully saturated rings. The SMILES string of the molecule is CCOC(=O)Nc1ccc2c(CSc3n[nH]c(-c4cc(Cl)ccc4OC)n3)cc(=O)oc2c1. The largest absolute Gasteiger partial charge is 0.496 e. The predicted molar refractivity (Wildman–Crippen MR) is 126 cm³/mol. The molecule has 0 saturated heterocycles. The number of aromatic amines is 1. The summed E-state index contributed by atoms with van der Waals surface area (Å²) >= 11 is 7.46. The number of nitrogens with one attached hydrogen (secondary N) is 2. The lowest BCUT2D eigenvalue weighted by molar-refractivity contribution is 0.168. The number of aromatic nitrogens is 3. The number of methoxy groups -OCH3 is 1. The van der Waals surface area contributed by atoms with Crippen LogP contribution in [0.3, 0.4) is 0 Å². The number of hydrogen-bond acceptors (Lipinski definition) is 8. The van der Waals surface area contributed by atoms with Gasteiger partial charge in [-0.25, -0.2) is 14.6 Å². The molecule has 2 aromatic heterocycles. The van der Waals surface area contributed by atoms with Crippen LogP contribution in [0.25, 0.3) is 22.4 Å². The van der Waals surface area contributed by atoms with Crippen LogP contribution in [0.15, 0.2) is 56.8 Å². The summed E-state index contributed by atoms with van der Waals surface area (Å²) in [6.45, 7) is 1.97. The molecule has 0 spiro atoms. The molecule has 170 valence electrons. The topological polar surface area (TPSA) is 119 Å². The molecule has 2 N–H and O–H groups in total. The maximum Gasteiger partial charge on any atom is 0.411 e. The molecule has 0 aliphatic heterocycles. The molecular weight excluding hydrogens is 468 g/mol. The van der Waals surface area contributed by atoms with Crippen LogP contribution in [0, 0.1) is 0 Å². The number of H-pyrrole nitrogens is 1. The average Bonchev–Trinajstić information content (AvgIpc) is 3.26. The first-order valence-corrected chi connectivity index (χ1v) is 11.2. The third-order valence-electron chi connectivity index (χ3n) is 4.59. The molecule has 1 amide bonds. The predicted octanol–water partition coefficient (Wildman–Crippen LogP) is 5.10. The Labute approximate surface area is 197 Å². The fraction of sp³-hybridized carbons (Fsp3) is 0.182. The fourth-order valence-electron chi connectivity index (χ4n) is 3.15. The quantitative estimate of drug-likeness (QED) is 0.273. The summed E-state index contributed by atoms with van der Waals surface area (Å²) in [6.07, 6.45) is -0.581. The molecule has 0 saturated carbocycles. The van der Waals surface area contributed by atoms with Crippen molar-refractivity contribution in [2.45, 2.75) is 17.8 Å². The van der Waals surface area contributed by atoms with Gasteiger partial charge in [0.25, 0.3) is 0 Å². The van der Waals surface area contributed by atoms with E-state index in [1.807, 2.05) is 0 Å². The Morgan fingerprint density at radius 3 is 2.88 bits per heavy atom. The van der Waals surface area contributed by atoms with E-state index in [0.717, 1.165) is 10.9 Å². The average molecular weight is 487 g/mol. The molecule has 0 atom stereocenters. The number of carbonyl (C=O) groups is 1. The van der Waals surface area contributed by atoms with Gasteiger partial charge in [-0.05, 0) is 42.8 Å². The van der Waals surface area contributed by atoms with Crippen LogP contribution < -0.4 is 15.7 Å². The fourth-order valence-corrected chi connectivity index (χ4v) is 4.11. The van der Waals surface area contributed by atoms with Gasteiger partial charge in [0.15, 0.2) is 5.82 Å². The normalized spacial score (nSPS) is 10.9. The zero-order valence-corrected chi connectivity index (χ0v) is 19.2. The first-order chi connectivity index (χ1) is 16.0. The monoisotopic (exact) mass is 486 g/mol. The van der Waals surface area contributed by atoms with E-state index in [4.69, 9.17) is 25.5 Å². The second-order valence-corrected chi connectivity index (χ2v) is 8.13. The molecule has 33 heavy (non-hydrogen) atoms. The standard InChI is InChI=1S/C22H19ClN4O5S/c1-3-31-22(29)24-14-5-6-15-12(8-19(28)32-18(15)10-14)11-33-21-25-20(26-27-21)16-9-13(23)4-7-17(16)30-2/h4-10H,3,11H2,1-2H3,(H,24,29)(H,25,26,27). The first kappa shape index (κ1) is 22.7. The van der Waals surface area contributed by atoms with E-state index in [1.165, 1.54) is 17.8 Å². The zero-order valence-electron chi connectivity index (χ0n) is 17.7. The Morgan fingerprint density at radius 2 is 2.09 bits per heavy atom. The van der Waals surface area contributed by atoms with E-state index in [2.05, 4.69) is 20.5 Å². The number of fused-ring (bicyclic) bond motifs is 1. The smallest absolute Gasteiger partial charge is 0.411 e. The van der Waals surface area contributed by atoms with Crippen LogP contribution in [-0.4, -0.2) is 35.0 Å². The van der Waals surface area contributed by atoms with Gasteiger partial charge in [-0.2, -0.15) is 0 Å². The van der Waals surface area contributed by atoms with Gasteiger partial charge in [-0.15, -0.1) is 5.10 Å². The van der Waals surface area contributed by atoms with E-state index in [1.54, 1.807) is 50.4 Å². The molecule has 9 nitrogen and oxygen atoms in total. The molecule has 0 aliphatic carbocycles. The Balaban J connectivity index is 1.55. The molecule has 2 heterocycles. The van der Waals surface area contributed by atoms with Crippen LogP contribution in [-0.2, 0) is 10.5 Å². The van der Waals surface area contributed by atoms with Gasteiger partial charge in [0, 0.05) is 34.0 Å². The summed E-state index contributed by atoms with van der Waals surface area (Å²) in [5.74, 6) is 1.56. The molecule has 0 bridgehead atoms. The molecule has 2 aromatic carbocycles. The number of anilines is 1. The Kier molecular flexibility index (Phi) is 6.85. The van der Waals surface area contributed by atoms with Crippen molar-refractivity contribution in [3.05, 3.63) is 63.5 Å². The highest BCUT2D eigenvalue weighted by molar-refractivity contribution is 7.98. The molecule has 0 unspecified atom stereocenters. The van der Waals surface area contributed by atoms with Crippen molar-refractivity contribution in [2.24, 2.45) is 0 Å². The number of rotatable bonds is 7. The molecule has 4 rings (SSSR count). The van der Waals surface area contributed by atoms with Crippen LogP contribution in [0.1, 0.15) is 12.5 Å². The maximum absolute atomic E-state index is 12.1. The van der Waals surface area contributed by atoms with Crippen molar-refractivity contribution in [3.8, 4) is 17.1 Å². The Bertz CT molecular complexity index is 1370. The maximum atomic E-state index is 12.1. The Morgan fingerprint density at radius 1 is 1.24 bits per heavy atom. The summed E-state index contributed by atoms with van der Waals surface area (Å²) in [4.78, 5) is 28.2. The molecular formula is C22H19ClN4O5S. The van der Waals surface area contributed by atoms with Gasteiger partial charge in [-0.3, -0.25) is 10.4 Å². The lowest BCUT2D eigenvalue weighted by Gasteiger charge is -2.08.